The van der Waals surface area contributed by atoms with Gasteiger partial charge in [-0.1, -0.05) is 27.7 Å². The molecule has 0 radical (unpaired) electrons. The van der Waals surface area contributed by atoms with Gasteiger partial charge in [-0.25, -0.2) is 0 Å². The number of piperidine rings is 1. The van der Waals surface area contributed by atoms with Gasteiger partial charge in [-0.3, -0.25) is 4.79 Å². The first-order valence-electron chi connectivity index (χ1n) is 13.1. The number of rotatable bonds is 8. The smallest absolute Gasteiger partial charge is 0.251 e. The molecule has 2 N–H and O–H groups in total. The lowest BCUT2D eigenvalue weighted by atomic mass is 9.49. The van der Waals surface area contributed by atoms with Gasteiger partial charge in [0.05, 0.1) is 18.8 Å². The monoisotopic (exact) mass is 521 g/mol. The highest BCUT2D eigenvalue weighted by molar-refractivity contribution is 5.95. The zero-order valence-electron chi connectivity index (χ0n) is 23.2. The quantitative estimate of drug-likeness (QED) is 0.541. The van der Waals surface area contributed by atoms with Crippen molar-refractivity contribution in [2.75, 3.05) is 38.8 Å². The number of aliphatic hydroxyl groups excluding tert-OH is 1. The van der Waals surface area contributed by atoms with Gasteiger partial charge >= 0.3 is 0 Å². The Bertz CT molecular complexity index is 1170. The van der Waals surface area contributed by atoms with E-state index in [-0.39, 0.29) is 47.5 Å². The first-order valence-corrected chi connectivity index (χ1v) is 13.1. The number of nitrogens with one attached hydrogen (secondary N) is 1. The fourth-order valence-electron chi connectivity index (χ4n) is 6.49. The summed E-state index contributed by atoms with van der Waals surface area (Å²) < 4.78 is 17.3. The minimum atomic E-state index is -0.327. The number of ether oxygens (including phenoxy) is 3. The summed E-state index contributed by atoms with van der Waals surface area (Å²) in [6.45, 7) is 10.1. The van der Waals surface area contributed by atoms with Crippen LogP contribution in [0, 0.1) is 28.1 Å². The van der Waals surface area contributed by atoms with Crippen molar-refractivity contribution >= 4 is 11.6 Å². The van der Waals surface area contributed by atoms with E-state index in [1.165, 1.54) is 7.11 Å². The number of carbonyl (C=O) groups is 1. The van der Waals surface area contributed by atoms with Crippen LogP contribution in [-0.4, -0.2) is 63.2 Å². The molecule has 1 aliphatic carbocycles. The highest BCUT2D eigenvalue weighted by atomic mass is 16.5. The predicted molar refractivity (Wildman–Crippen MR) is 146 cm³/mol. The third kappa shape index (κ3) is 5.05. The molecule has 0 spiro atoms. The molecule has 1 heterocycles. The van der Waals surface area contributed by atoms with Crippen molar-refractivity contribution < 1.29 is 24.1 Å². The fourth-order valence-corrected chi connectivity index (χ4v) is 6.49. The lowest BCUT2D eigenvalue weighted by molar-refractivity contribution is -0.164. The van der Waals surface area contributed by atoms with E-state index in [0.717, 1.165) is 18.7 Å². The lowest BCUT2D eigenvalue weighted by Gasteiger charge is -2.63. The van der Waals surface area contributed by atoms with E-state index in [0.29, 0.717) is 29.2 Å². The predicted octanol–water partition coefficient (Wildman–Crippen LogP) is 4.01. The largest absolute Gasteiger partial charge is 0.495 e. The summed E-state index contributed by atoms with van der Waals surface area (Å²) >= 11 is 0. The minimum absolute atomic E-state index is 0.0136. The summed E-state index contributed by atoms with van der Waals surface area (Å²) in [5, 5.41) is 22.1. The molecule has 8 nitrogen and oxygen atoms in total. The Balaban J connectivity index is 1.41. The Morgan fingerprint density at radius 1 is 1.13 bits per heavy atom. The maximum atomic E-state index is 13.2. The van der Waals surface area contributed by atoms with Crippen molar-refractivity contribution in [3.63, 3.8) is 0 Å². The van der Waals surface area contributed by atoms with Crippen molar-refractivity contribution in [2.24, 2.45) is 16.7 Å². The summed E-state index contributed by atoms with van der Waals surface area (Å²) in [6, 6.07) is 14.9. The summed E-state index contributed by atoms with van der Waals surface area (Å²) in [7, 11) is 3.22. The molecule has 38 heavy (non-hydrogen) atoms. The zero-order chi connectivity index (χ0) is 27.7. The molecule has 0 unspecified atom stereocenters. The number of methoxy groups -OCH3 is 2. The van der Waals surface area contributed by atoms with E-state index >= 15 is 0 Å². The summed E-state index contributed by atoms with van der Waals surface area (Å²) in [4.78, 5) is 15.5. The SMILES string of the molecule is COc1cc(OC2C(C)(C)C(NC(=O)c3ccc(N4CC[C@H](CO)[C@@H](OC)C4)cc3)C2(C)C)ccc1C#N. The average molecular weight is 522 g/mol. The van der Waals surface area contributed by atoms with Crippen molar-refractivity contribution in [2.45, 2.75) is 52.4 Å². The standard InChI is InChI=1S/C30H39N3O5/c1-29(2)27(30(3,4)28(29)38-23-12-9-20(16-31)24(15-23)36-5)32-26(35)19-7-10-22(11-8-19)33-14-13-21(18-34)25(17-33)37-6/h7-12,15,21,25,27-28,34H,13-14,17-18H2,1-6H3,(H,32,35)/t21-,25+,27?,28?/m1/s1. The first-order chi connectivity index (χ1) is 18.1. The van der Waals surface area contributed by atoms with E-state index in [2.05, 4.69) is 44.0 Å². The van der Waals surface area contributed by atoms with E-state index in [1.54, 1.807) is 25.3 Å². The van der Waals surface area contributed by atoms with Gasteiger partial charge in [0.1, 0.15) is 23.7 Å². The van der Waals surface area contributed by atoms with Crippen LogP contribution in [0.2, 0.25) is 0 Å². The molecular formula is C30H39N3O5. The van der Waals surface area contributed by atoms with Crippen molar-refractivity contribution in [3.8, 4) is 17.6 Å². The molecule has 1 aliphatic heterocycles. The number of carbonyl (C=O) groups excluding carboxylic acids is 1. The Morgan fingerprint density at radius 2 is 1.82 bits per heavy atom. The van der Waals surface area contributed by atoms with Crippen molar-refractivity contribution in [1.29, 1.82) is 5.26 Å². The molecule has 1 saturated heterocycles. The molecule has 2 aromatic rings. The molecule has 2 aliphatic rings. The number of nitriles is 1. The number of nitrogens with zero attached hydrogens (tertiary/aromatic N) is 2. The van der Waals surface area contributed by atoms with Crippen LogP contribution in [0.15, 0.2) is 42.5 Å². The van der Waals surface area contributed by atoms with Crippen LogP contribution in [-0.2, 0) is 4.74 Å². The second-order valence-electron chi connectivity index (χ2n) is 11.5. The van der Waals surface area contributed by atoms with Gasteiger partial charge in [-0.15, -0.1) is 0 Å². The maximum Gasteiger partial charge on any atom is 0.251 e. The zero-order valence-corrected chi connectivity index (χ0v) is 23.2. The molecule has 2 fully saturated rings. The second-order valence-corrected chi connectivity index (χ2v) is 11.5. The van der Waals surface area contributed by atoms with Crippen LogP contribution in [0.1, 0.15) is 50.0 Å². The highest BCUT2D eigenvalue weighted by Crippen LogP contribution is 2.55. The Hall–Kier alpha value is -3.28. The van der Waals surface area contributed by atoms with E-state index < -0.39 is 0 Å². The maximum absolute atomic E-state index is 13.2. The fraction of sp³-hybridized carbons (Fsp3) is 0.533. The average Bonchev–Trinajstić information content (AvgIpc) is 2.93. The van der Waals surface area contributed by atoms with Gasteiger partial charge in [-0.2, -0.15) is 5.26 Å². The van der Waals surface area contributed by atoms with Crippen LogP contribution in [0.5, 0.6) is 11.5 Å². The molecule has 204 valence electrons. The van der Waals surface area contributed by atoms with E-state index in [1.807, 2.05) is 24.3 Å². The van der Waals surface area contributed by atoms with E-state index in [4.69, 9.17) is 14.2 Å². The Labute approximate surface area is 225 Å². The van der Waals surface area contributed by atoms with Gasteiger partial charge in [-0.05, 0) is 42.8 Å². The molecule has 1 saturated carbocycles. The lowest BCUT2D eigenvalue weighted by Crippen LogP contribution is -2.74. The number of hydrogen-bond donors (Lipinski definition) is 2. The number of benzene rings is 2. The summed E-state index contributed by atoms with van der Waals surface area (Å²) in [6.07, 6.45) is 0.693. The third-order valence-corrected chi connectivity index (χ3v) is 8.39. The molecule has 1 amide bonds. The first kappa shape index (κ1) is 27.7. The molecule has 2 atom stereocenters. The van der Waals surface area contributed by atoms with Gasteiger partial charge in [0.2, 0.25) is 0 Å². The Kier molecular flexibility index (Phi) is 7.91. The Morgan fingerprint density at radius 3 is 2.39 bits per heavy atom. The molecule has 4 rings (SSSR count). The van der Waals surface area contributed by atoms with Crippen molar-refractivity contribution in [1.82, 2.24) is 5.32 Å². The number of anilines is 1. The van der Waals surface area contributed by atoms with E-state index in [9.17, 15) is 15.2 Å². The van der Waals surface area contributed by atoms with Crippen LogP contribution >= 0.6 is 0 Å². The highest BCUT2D eigenvalue weighted by Gasteiger charge is 2.64. The normalized spacial score (nSPS) is 25.6. The topological polar surface area (TPSA) is 104 Å². The van der Waals surface area contributed by atoms with Crippen LogP contribution in [0.25, 0.3) is 0 Å². The number of amides is 1. The molecule has 2 aromatic carbocycles. The molecule has 8 heteroatoms. The summed E-state index contributed by atoms with van der Waals surface area (Å²) in [5.74, 6) is 1.15. The van der Waals surface area contributed by atoms with Crippen LogP contribution in [0.4, 0.5) is 5.69 Å². The van der Waals surface area contributed by atoms with Gasteiger partial charge in [0.25, 0.3) is 5.91 Å². The van der Waals surface area contributed by atoms with Crippen LogP contribution < -0.4 is 19.7 Å². The van der Waals surface area contributed by atoms with Gasteiger partial charge in [0, 0.05) is 66.9 Å². The van der Waals surface area contributed by atoms with Crippen molar-refractivity contribution in [3.05, 3.63) is 53.6 Å². The van der Waals surface area contributed by atoms with Crippen LogP contribution in [0.3, 0.4) is 0 Å². The number of hydrogen-bond acceptors (Lipinski definition) is 7. The second kappa shape index (κ2) is 10.8. The molecule has 0 bridgehead atoms. The summed E-state index contributed by atoms with van der Waals surface area (Å²) in [5.41, 5.74) is 1.45. The minimum Gasteiger partial charge on any atom is -0.495 e. The number of aliphatic hydroxyl groups is 1. The molecular weight excluding hydrogens is 482 g/mol. The van der Waals surface area contributed by atoms with Gasteiger partial charge in [0.15, 0.2) is 0 Å². The molecule has 0 aromatic heterocycles. The third-order valence-electron chi connectivity index (χ3n) is 8.39. The van der Waals surface area contributed by atoms with Gasteiger partial charge < -0.3 is 29.5 Å².